The number of aromatic nitrogens is 2. The van der Waals surface area contributed by atoms with Gasteiger partial charge in [-0.25, -0.2) is 9.78 Å². The Hall–Kier alpha value is -1.76. The molecule has 23 heavy (non-hydrogen) atoms. The fourth-order valence-corrected chi connectivity index (χ4v) is 2.01. The molecule has 0 aliphatic rings. The van der Waals surface area contributed by atoms with Crippen LogP contribution in [0, 0.1) is 0 Å². The molecule has 0 aliphatic heterocycles. The van der Waals surface area contributed by atoms with Crippen molar-refractivity contribution in [3.05, 3.63) is 11.9 Å². The number of imidazole rings is 1. The first-order valence-electron chi connectivity index (χ1n) is 7.81. The Balaban J connectivity index is 2.51. The number of ether oxygens (including phenoxy) is 1. The molecule has 2 N–H and O–H groups in total. The number of rotatable bonds is 6. The summed E-state index contributed by atoms with van der Waals surface area (Å²) in [4.78, 5) is 18.1. The van der Waals surface area contributed by atoms with Crippen LogP contribution in [0.1, 0.15) is 40.3 Å². The summed E-state index contributed by atoms with van der Waals surface area (Å²) in [5.41, 5.74) is 0.331. The maximum absolute atomic E-state index is 11.7. The molecule has 0 fully saturated rings. The van der Waals surface area contributed by atoms with Gasteiger partial charge in [0, 0.05) is 39.8 Å². The van der Waals surface area contributed by atoms with E-state index < -0.39 is 11.7 Å². The van der Waals surface area contributed by atoms with Gasteiger partial charge in [-0.3, -0.25) is 0 Å². The van der Waals surface area contributed by atoms with Crippen molar-refractivity contribution in [1.82, 2.24) is 20.2 Å². The largest absolute Gasteiger partial charge is 0.444 e. The minimum atomic E-state index is -0.487. The Morgan fingerprint density at radius 3 is 2.39 bits per heavy atom. The van der Waals surface area contributed by atoms with Gasteiger partial charge >= 0.3 is 6.09 Å². The summed E-state index contributed by atoms with van der Waals surface area (Å²) in [6.07, 6.45) is 1.46. The summed E-state index contributed by atoms with van der Waals surface area (Å²) in [6.45, 7) is 10.8. The first kappa shape index (κ1) is 19.3. The Morgan fingerprint density at radius 2 is 1.91 bits per heavy atom. The summed E-state index contributed by atoms with van der Waals surface area (Å²) in [5, 5.41) is 6.24. The fraction of sp³-hybridized carbons (Fsp3) is 0.750. The Morgan fingerprint density at radius 1 is 1.30 bits per heavy atom. The Labute approximate surface area is 139 Å². The number of amides is 1. The van der Waals surface area contributed by atoms with Crippen LogP contribution >= 0.6 is 0 Å². The average molecular weight is 325 g/mol. The van der Waals surface area contributed by atoms with E-state index in [1.165, 1.54) is 0 Å². The highest BCUT2D eigenvalue weighted by Crippen LogP contribution is 2.12. The van der Waals surface area contributed by atoms with Crippen LogP contribution < -0.4 is 15.5 Å². The van der Waals surface area contributed by atoms with Crippen molar-refractivity contribution in [2.24, 2.45) is 7.05 Å². The normalized spacial score (nSPS) is 12.2. The van der Waals surface area contributed by atoms with E-state index in [0.29, 0.717) is 13.1 Å². The quantitative estimate of drug-likeness (QED) is 0.835. The second kappa shape index (κ2) is 7.21. The molecule has 0 aromatic carbocycles. The number of hydrogen-bond donors (Lipinski definition) is 2. The third kappa shape index (κ3) is 6.48. The number of nitrogens with zero attached hydrogens (tertiary/aromatic N) is 3. The monoisotopic (exact) mass is 325 g/mol. The van der Waals surface area contributed by atoms with E-state index in [9.17, 15) is 4.79 Å². The minimum Gasteiger partial charge on any atom is -0.444 e. The zero-order valence-electron chi connectivity index (χ0n) is 15.6. The SMILES string of the molecule is CN(C)c1ncc(CNC(C)(C)CNC(=O)OC(C)(C)C)n1C. The molecule has 1 aromatic rings. The lowest BCUT2D eigenvalue weighted by Crippen LogP contribution is -2.49. The van der Waals surface area contributed by atoms with Gasteiger partial charge in [0.25, 0.3) is 0 Å². The number of hydrogen-bond acceptors (Lipinski definition) is 5. The standard InChI is InChI=1S/C16H31N5O2/c1-15(2,3)23-14(22)18-11-16(4,5)19-10-12-9-17-13(20(6)7)21(12)8/h9,19H,10-11H2,1-8H3,(H,18,22). The van der Waals surface area contributed by atoms with Gasteiger partial charge in [0.15, 0.2) is 0 Å². The van der Waals surface area contributed by atoms with Crippen molar-refractivity contribution in [1.29, 1.82) is 0 Å². The first-order chi connectivity index (χ1) is 10.4. The molecule has 0 aliphatic carbocycles. The lowest BCUT2D eigenvalue weighted by Gasteiger charge is -2.28. The predicted molar refractivity (Wildman–Crippen MR) is 92.7 cm³/mol. The van der Waals surface area contributed by atoms with E-state index in [1.807, 2.05) is 71.4 Å². The van der Waals surface area contributed by atoms with E-state index in [4.69, 9.17) is 4.74 Å². The van der Waals surface area contributed by atoms with E-state index >= 15 is 0 Å². The molecule has 132 valence electrons. The molecule has 1 heterocycles. The highest BCUT2D eigenvalue weighted by atomic mass is 16.6. The average Bonchev–Trinajstić information content (AvgIpc) is 2.74. The summed E-state index contributed by atoms with van der Waals surface area (Å²) < 4.78 is 7.29. The van der Waals surface area contributed by atoms with Gasteiger partial charge in [-0.1, -0.05) is 0 Å². The lowest BCUT2D eigenvalue weighted by molar-refractivity contribution is 0.0513. The molecule has 0 bridgehead atoms. The Bertz CT molecular complexity index is 529. The zero-order chi connectivity index (χ0) is 17.8. The van der Waals surface area contributed by atoms with Crippen molar-refractivity contribution in [2.45, 2.75) is 52.3 Å². The first-order valence-corrected chi connectivity index (χ1v) is 7.81. The highest BCUT2D eigenvalue weighted by Gasteiger charge is 2.22. The fourth-order valence-electron chi connectivity index (χ4n) is 2.01. The van der Waals surface area contributed by atoms with Crippen molar-refractivity contribution in [3.63, 3.8) is 0 Å². The molecular formula is C16H31N5O2. The molecule has 1 rings (SSSR count). The van der Waals surface area contributed by atoms with Crippen LogP contribution in [-0.4, -0.2) is 47.4 Å². The molecule has 0 spiro atoms. The van der Waals surface area contributed by atoms with Crippen molar-refractivity contribution in [2.75, 3.05) is 25.5 Å². The van der Waals surface area contributed by atoms with Gasteiger partial charge in [-0.15, -0.1) is 0 Å². The molecule has 7 heteroatoms. The maximum atomic E-state index is 11.7. The van der Waals surface area contributed by atoms with Gasteiger partial charge in [0.1, 0.15) is 5.60 Å². The summed E-state index contributed by atoms with van der Waals surface area (Å²) >= 11 is 0. The van der Waals surface area contributed by atoms with Crippen LogP contribution in [0.15, 0.2) is 6.20 Å². The third-order valence-corrected chi connectivity index (χ3v) is 3.28. The van der Waals surface area contributed by atoms with Crippen LogP contribution in [0.2, 0.25) is 0 Å². The second-order valence-electron chi connectivity index (χ2n) is 7.60. The number of carbonyl (C=O) groups is 1. The minimum absolute atomic E-state index is 0.264. The molecule has 7 nitrogen and oxygen atoms in total. The van der Waals surface area contributed by atoms with Gasteiger partial charge < -0.3 is 24.8 Å². The molecule has 0 saturated carbocycles. The molecule has 1 aromatic heterocycles. The Kier molecular flexibility index (Phi) is 6.04. The van der Waals surface area contributed by atoms with Crippen LogP contribution in [0.25, 0.3) is 0 Å². The summed E-state index contributed by atoms with van der Waals surface area (Å²) in [6, 6.07) is 0. The van der Waals surface area contributed by atoms with E-state index in [1.54, 1.807) is 0 Å². The summed E-state index contributed by atoms with van der Waals surface area (Å²) in [5.74, 6) is 0.909. The molecule has 0 radical (unpaired) electrons. The van der Waals surface area contributed by atoms with Crippen LogP contribution in [-0.2, 0) is 18.3 Å². The molecule has 0 unspecified atom stereocenters. The molecule has 0 saturated heterocycles. The number of alkyl carbamates (subject to hydrolysis) is 1. The van der Waals surface area contributed by atoms with Gasteiger partial charge in [-0.2, -0.15) is 0 Å². The molecule has 1 amide bonds. The lowest BCUT2D eigenvalue weighted by atomic mass is 10.1. The van der Waals surface area contributed by atoms with Crippen molar-refractivity contribution >= 4 is 12.0 Å². The molecular weight excluding hydrogens is 294 g/mol. The van der Waals surface area contributed by atoms with Crippen molar-refractivity contribution in [3.8, 4) is 0 Å². The number of carbonyl (C=O) groups excluding carboxylic acids is 1. The maximum Gasteiger partial charge on any atom is 0.407 e. The van der Waals surface area contributed by atoms with E-state index in [2.05, 4.69) is 15.6 Å². The second-order valence-corrected chi connectivity index (χ2v) is 7.60. The molecule has 0 atom stereocenters. The van der Waals surface area contributed by atoms with Crippen LogP contribution in [0.5, 0.6) is 0 Å². The van der Waals surface area contributed by atoms with Crippen molar-refractivity contribution < 1.29 is 9.53 Å². The third-order valence-electron chi connectivity index (χ3n) is 3.28. The summed E-state index contributed by atoms with van der Waals surface area (Å²) in [7, 11) is 5.92. The van der Waals surface area contributed by atoms with Crippen LogP contribution in [0.4, 0.5) is 10.7 Å². The number of nitrogens with one attached hydrogen (secondary N) is 2. The van der Waals surface area contributed by atoms with Gasteiger partial charge in [-0.05, 0) is 34.6 Å². The van der Waals surface area contributed by atoms with Gasteiger partial charge in [0.2, 0.25) is 5.95 Å². The van der Waals surface area contributed by atoms with E-state index in [0.717, 1.165) is 11.6 Å². The topological polar surface area (TPSA) is 71.4 Å². The highest BCUT2D eigenvalue weighted by molar-refractivity contribution is 5.67. The van der Waals surface area contributed by atoms with E-state index in [-0.39, 0.29) is 5.54 Å². The predicted octanol–water partition coefficient (Wildman–Crippen LogP) is 1.88. The number of anilines is 1. The van der Waals surface area contributed by atoms with Crippen LogP contribution in [0.3, 0.4) is 0 Å². The van der Waals surface area contributed by atoms with Gasteiger partial charge in [0.05, 0.1) is 11.9 Å². The smallest absolute Gasteiger partial charge is 0.407 e. The zero-order valence-corrected chi connectivity index (χ0v) is 15.6.